The number of esters is 1. The number of carbonyl (C=O) groups excluding carboxylic acids is 1. The number of methoxy groups -OCH3 is 1. The maximum Gasteiger partial charge on any atom is 0.341 e. The monoisotopic (exact) mass is 235 g/mol. The number of hydrogen-bond acceptors (Lipinski definition) is 5. The van der Waals surface area contributed by atoms with E-state index in [2.05, 4.69) is 19.6 Å². The van der Waals surface area contributed by atoms with Gasteiger partial charge in [0.05, 0.1) is 18.4 Å². The van der Waals surface area contributed by atoms with E-state index in [4.69, 9.17) is 0 Å². The molecule has 0 aromatic carbocycles. The minimum Gasteiger partial charge on any atom is -0.465 e. The lowest BCUT2D eigenvalue weighted by atomic mass is 10.1. The second kappa shape index (κ2) is 5.12. The third-order valence-electron chi connectivity index (χ3n) is 3.01. The van der Waals surface area contributed by atoms with Crippen molar-refractivity contribution >= 4 is 11.9 Å². The quantitative estimate of drug-likeness (QED) is 0.728. The maximum atomic E-state index is 11.4. The first-order chi connectivity index (χ1) is 8.22. The predicted octanol–water partition coefficient (Wildman–Crippen LogP) is 1.56. The Kier molecular flexibility index (Phi) is 3.56. The van der Waals surface area contributed by atoms with Gasteiger partial charge in [-0.15, -0.1) is 0 Å². The molecule has 1 saturated heterocycles. The number of aromatic nitrogens is 2. The van der Waals surface area contributed by atoms with Crippen molar-refractivity contribution in [2.45, 2.75) is 26.2 Å². The van der Waals surface area contributed by atoms with Crippen molar-refractivity contribution in [3.8, 4) is 0 Å². The van der Waals surface area contributed by atoms with Crippen molar-refractivity contribution in [2.75, 3.05) is 25.1 Å². The first-order valence-electron chi connectivity index (χ1n) is 5.89. The number of carbonyl (C=O) groups is 1. The molecule has 1 aromatic heterocycles. The zero-order chi connectivity index (χ0) is 12.3. The fraction of sp³-hybridized carbons (Fsp3) is 0.583. The number of piperidine rings is 1. The van der Waals surface area contributed by atoms with E-state index in [0.29, 0.717) is 11.3 Å². The summed E-state index contributed by atoms with van der Waals surface area (Å²) in [7, 11) is 1.36. The summed E-state index contributed by atoms with van der Waals surface area (Å²) in [4.78, 5) is 22.2. The second-order valence-electron chi connectivity index (χ2n) is 4.21. The number of hydrogen-bond donors (Lipinski definition) is 0. The van der Waals surface area contributed by atoms with Crippen LogP contribution in [0, 0.1) is 6.92 Å². The summed E-state index contributed by atoms with van der Waals surface area (Å²) >= 11 is 0. The molecule has 0 amide bonds. The topological polar surface area (TPSA) is 55.3 Å². The molecule has 0 atom stereocenters. The molecule has 2 heterocycles. The molecule has 0 unspecified atom stereocenters. The first-order valence-corrected chi connectivity index (χ1v) is 5.89. The molecule has 2 rings (SSSR count). The third kappa shape index (κ3) is 2.54. The Balaban J connectivity index is 2.20. The van der Waals surface area contributed by atoms with Gasteiger partial charge >= 0.3 is 5.97 Å². The predicted molar refractivity (Wildman–Crippen MR) is 64.2 cm³/mol. The van der Waals surface area contributed by atoms with E-state index >= 15 is 0 Å². The molecular formula is C12H17N3O2. The van der Waals surface area contributed by atoms with E-state index in [-0.39, 0.29) is 5.97 Å². The van der Waals surface area contributed by atoms with Gasteiger partial charge < -0.3 is 9.64 Å². The van der Waals surface area contributed by atoms with Gasteiger partial charge in [0.1, 0.15) is 0 Å². The summed E-state index contributed by atoms with van der Waals surface area (Å²) in [6, 6.07) is 0. The van der Waals surface area contributed by atoms with Gasteiger partial charge in [0.15, 0.2) is 0 Å². The summed E-state index contributed by atoms with van der Waals surface area (Å²) in [6.07, 6.45) is 5.19. The molecule has 1 fully saturated rings. The Hall–Kier alpha value is -1.65. The van der Waals surface area contributed by atoms with E-state index < -0.39 is 0 Å². The Morgan fingerprint density at radius 1 is 1.35 bits per heavy atom. The Labute approximate surface area is 101 Å². The van der Waals surface area contributed by atoms with Crippen LogP contribution in [0.4, 0.5) is 5.95 Å². The average molecular weight is 235 g/mol. The molecule has 0 radical (unpaired) electrons. The molecule has 17 heavy (non-hydrogen) atoms. The van der Waals surface area contributed by atoms with Crippen molar-refractivity contribution in [1.29, 1.82) is 0 Å². The van der Waals surface area contributed by atoms with Crippen LogP contribution in [0.3, 0.4) is 0 Å². The molecule has 0 aliphatic carbocycles. The van der Waals surface area contributed by atoms with Crippen molar-refractivity contribution in [1.82, 2.24) is 9.97 Å². The van der Waals surface area contributed by atoms with Crippen molar-refractivity contribution in [2.24, 2.45) is 0 Å². The van der Waals surface area contributed by atoms with Crippen LogP contribution in [0.1, 0.15) is 35.3 Å². The van der Waals surface area contributed by atoms with Gasteiger partial charge in [-0.3, -0.25) is 0 Å². The number of nitrogens with zero attached hydrogens (tertiary/aromatic N) is 3. The van der Waals surface area contributed by atoms with Gasteiger partial charge in [-0.25, -0.2) is 14.8 Å². The summed E-state index contributed by atoms with van der Waals surface area (Å²) in [5.74, 6) is 0.336. The highest BCUT2D eigenvalue weighted by molar-refractivity contribution is 5.90. The zero-order valence-electron chi connectivity index (χ0n) is 10.3. The molecular weight excluding hydrogens is 218 g/mol. The number of aryl methyl sites for hydroxylation is 1. The number of anilines is 1. The standard InChI is InChI=1S/C12H17N3O2/c1-9-10(11(16)17-2)8-13-12(14-9)15-6-4-3-5-7-15/h8H,3-7H2,1-2H3. The second-order valence-corrected chi connectivity index (χ2v) is 4.21. The fourth-order valence-electron chi connectivity index (χ4n) is 2.01. The van der Waals surface area contributed by atoms with Gasteiger partial charge in [0.2, 0.25) is 5.95 Å². The summed E-state index contributed by atoms with van der Waals surface area (Å²) in [6.45, 7) is 3.80. The lowest BCUT2D eigenvalue weighted by Gasteiger charge is -2.26. The molecule has 92 valence electrons. The van der Waals surface area contributed by atoms with Crippen LogP contribution in [0.15, 0.2) is 6.20 Å². The van der Waals surface area contributed by atoms with Gasteiger partial charge in [-0.05, 0) is 26.2 Å². The highest BCUT2D eigenvalue weighted by Gasteiger charge is 2.16. The van der Waals surface area contributed by atoms with E-state index in [1.807, 2.05) is 0 Å². The lowest BCUT2D eigenvalue weighted by molar-refractivity contribution is 0.0599. The van der Waals surface area contributed by atoms with Crippen molar-refractivity contribution < 1.29 is 9.53 Å². The van der Waals surface area contributed by atoms with Crippen LogP contribution >= 0.6 is 0 Å². The minimum absolute atomic E-state index is 0.382. The summed E-state index contributed by atoms with van der Waals surface area (Å²) in [5.41, 5.74) is 1.11. The molecule has 0 N–H and O–H groups in total. The van der Waals surface area contributed by atoms with Gasteiger partial charge in [0.25, 0.3) is 0 Å². The van der Waals surface area contributed by atoms with Gasteiger partial charge in [-0.2, -0.15) is 0 Å². The van der Waals surface area contributed by atoms with Crippen LogP contribution in [-0.4, -0.2) is 36.1 Å². The molecule has 0 spiro atoms. The first kappa shape index (κ1) is 11.8. The van der Waals surface area contributed by atoms with Crippen molar-refractivity contribution in [3.05, 3.63) is 17.5 Å². The molecule has 5 heteroatoms. The van der Waals surface area contributed by atoms with Crippen LogP contribution < -0.4 is 4.90 Å². The van der Waals surface area contributed by atoms with Gasteiger partial charge in [-0.1, -0.05) is 0 Å². The molecule has 1 aliphatic heterocycles. The number of ether oxygens (including phenoxy) is 1. The largest absolute Gasteiger partial charge is 0.465 e. The molecule has 1 aromatic rings. The third-order valence-corrected chi connectivity index (χ3v) is 3.01. The lowest BCUT2D eigenvalue weighted by Crippen LogP contribution is -2.31. The van der Waals surface area contributed by atoms with E-state index in [9.17, 15) is 4.79 Å². The highest BCUT2D eigenvalue weighted by Crippen LogP contribution is 2.17. The van der Waals surface area contributed by atoms with Crippen LogP contribution in [-0.2, 0) is 4.74 Å². The van der Waals surface area contributed by atoms with Crippen LogP contribution in [0.5, 0.6) is 0 Å². The molecule has 5 nitrogen and oxygen atoms in total. The summed E-state index contributed by atoms with van der Waals surface area (Å²) < 4.78 is 4.67. The van der Waals surface area contributed by atoms with Crippen LogP contribution in [0.25, 0.3) is 0 Å². The SMILES string of the molecule is COC(=O)c1cnc(N2CCCCC2)nc1C. The molecule has 0 saturated carbocycles. The highest BCUT2D eigenvalue weighted by atomic mass is 16.5. The minimum atomic E-state index is -0.382. The van der Waals surface area contributed by atoms with E-state index in [1.165, 1.54) is 26.4 Å². The molecule has 0 bridgehead atoms. The van der Waals surface area contributed by atoms with Crippen LogP contribution in [0.2, 0.25) is 0 Å². The number of rotatable bonds is 2. The van der Waals surface area contributed by atoms with E-state index in [0.717, 1.165) is 19.0 Å². The van der Waals surface area contributed by atoms with E-state index in [1.54, 1.807) is 13.1 Å². The zero-order valence-corrected chi connectivity index (χ0v) is 10.3. The fourth-order valence-corrected chi connectivity index (χ4v) is 2.01. The normalized spacial score (nSPS) is 15.8. The van der Waals surface area contributed by atoms with Gasteiger partial charge in [0, 0.05) is 19.3 Å². The summed E-state index contributed by atoms with van der Waals surface area (Å²) in [5, 5.41) is 0. The Morgan fingerprint density at radius 2 is 2.06 bits per heavy atom. The Morgan fingerprint density at radius 3 is 2.65 bits per heavy atom. The molecule has 1 aliphatic rings. The average Bonchev–Trinajstić information content (AvgIpc) is 2.39. The smallest absolute Gasteiger partial charge is 0.341 e. The van der Waals surface area contributed by atoms with Crippen molar-refractivity contribution in [3.63, 3.8) is 0 Å². The maximum absolute atomic E-state index is 11.4. The Bertz CT molecular complexity index is 414.